The van der Waals surface area contributed by atoms with Crippen LogP contribution >= 0.6 is 11.8 Å². The minimum atomic E-state index is -0.568. The van der Waals surface area contributed by atoms with Gasteiger partial charge in [0.25, 0.3) is 0 Å². The Kier molecular flexibility index (Phi) is 5.08. The molecule has 5 nitrogen and oxygen atoms in total. The summed E-state index contributed by atoms with van der Waals surface area (Å²) in [6.07, 6.45) is 3.26. The van der Waals surface area contributed by atoms with Gasteiger partial charge in [-0.1, -0.05) is 30.0 Å². The summed E-state index contributed by atoms with van der Waals surface area (Å²) in [6, 6.07) is 16.3. The molecule has 0 aliphatic heterocycles. The molecule has 0 aliphatic rings. The van der Waals surface area contributed by atoms with Gasteiger partial charge < -0.3 is 9.72 Å². The van der Waals surface area contributed by atoms with Crippen molar-refractivity contribution < 1.29 is 14.3 Å². The standard InChI is InChI=1S/C18H14N2O3S/c21-16(15-9-5-10-19-15)12-23-18(22)14-8-4-11-20-17(14)24-13-6-2-1-3-7-13/h1-11,19H,12H2. The maximum Gasteiger partial charge on any atom is 0.341 e. The highest BCUT2D eigenvalue weighted by Gasteiger charge is 2.17. The highest BCUT2D eigenvalue weighted by molar-refractivity contribution is 7.99. The SMILES string of the molecule is O=C(COC(=O)c1cccnc1Sc1ccccc1)c1ccc[nH]1. The molecule has 0 bridgehead atoms. The molecule has 2 aromatic heterocycles. The molecule has 0 saturated heterocycles. The van der Waals surface area contributed by atoms with Crippen molar-refractivity contribution in [3.63, 3.8) is 0 Å². The maximum atomic E-state index is 12.3. The normalized spacial score (nSPS) is 10.3. The van der Waals surface area contributed by atoms with E-state index in [0.29, 0.717) is 16.3 Å². The number of Topliss-reactive ketones (excluding diaryl/α,β-unsaturated/α-hetero) is 1. The largest absolute Gasteiger partial charge is 0.454 e. The number of hydrogen-bond donors (Lipinski definition) is 1. The summed E-state index contributed by atoms with van der Waals surface area (Å²) < 4.78 is 5.13. The first-order valence-electron chi connectivity index (χ1n) is 7.25. The number of nitrogens with zero attached hydrogens (tertiary/aromatic N) is 1. The van der Waals surface area contributed by atoms with Crippen molar-refractivity contribution in [3.8, 4) is 0 Å². The highest BCUT2D eigenvalue weighted by atomic mass is 32.2. The lowest BCUT2D eigenvalue weighted by molar-refractivity contribution is 0.0469. The third-order valence-corrected chi connectivity index (χ3v) is 4.21. The first-order chi connectivity index (χ1) is 11.7. The van der Waals surface area contributed by atoms with Crippen LogP contribution in [-0.4, -0.2) is 28.3 Å². The van der Waals surface area contributed by atoms with Gasteiger partial charge in [-0.3, -0.25) is 4.79 Å². The van der Waals surface area contributed by atoms with Gasteiger partial charge >= 0.3 is 5.97 Å². The number of benzene rings is 1. The molecule has 0 atom stereocenters. The Morgan fingerprint density at radius 1 is 1.04 bits per heavy atom. The van der Waals surface area contributed by atoms with Crippen LogP contribution in [0.4, 0.5) is 0 Å². The molecule has 0 amide bonds. The quantitative estimate of drug-likeness (QED) is 0.549. The van der Waals surface area contributed by atoms with E-state index >= 15 is 0 Å². The molecule has 6 heteroatoms. The topological polar surface area (TPSA) is 72.1 Å². The summed E-state index contributed by atoms with van der Waals surface area (Å²) in [4.78, 5) is 32.2. The van der Waals surface area contributed by atoms with E-state index in [2.05, 4.69) is 9.97 Å². The van der Waals surface area contributed by atoms with Crippen LogP contribution in [0.2, 0.25) is 0 Å². The molecule has 0 fully saturated rings. The number of aromatic nitrogens is 2. The molecular formula is C18H14N2O3S. The van der Waals surface area contributed by atoms with Crippen molar-refractivity contribution in [2.75, 3.05) is 6.61 Å². The average molecular weight is 338 g/mol. The van der Waals surface area contributed by atoms with Crippen molar-refractivity contribution in [3.05, 3.63) is 78.2 Å². The van der Waals surface area contributed by atoms with Crippen molar-refractivity contribution in [1.82, 2.24) is 9.97 Å². The number of ether oxygens (including phenoxy) is 1. The molecule has 0 aliphatic carbocycles. The number of hydrogen-bond acceptors (Lipinski definition) is 5. The van der Waals surface area contributed by atoms with Crippen LogP contribution in [0.5, 0.6) is 0 Å². The Morgan fingerprint density at radius 2 is 1.88 bits per heavy atom. The lowest BCUT2D eigenvalue weighted by atomic mass is 10.3. The second-order valence-corrected chi connectivity index (χ2v) is 5.92. The summed E-state index contributed by atoms with van der Waals surface area (Å²) in [5.74, 6) is -0.851. The van der Waals surface area contributed by atoms with Crippen molar-refractivity contribution in [2.24, 2.45) is 0 Å². The summed E-state index contributed by atoms with van der Waals surface area (Å²) >= 11 is 1.37. The van der Waals surface area contributed by atoms with Gasteiger partial charge in [0, 0.05) is 17.3 Å². The van der Waals surface area contributed by atoms with Gasteiger partial charge in [0.1, 0.15) is 5.03 Å². The van der Waals surface area contributed by atoms with Crippen LogP contribution in [0.1, 0.15) is 20.8 Å². The monoisotopic (exact) mass is 338 g/mol. The molecule has 1 N–H and O–H groups in total. The summed E-state index contributed by atoms with van der Waals surface area (Å²) in [6.45, 7) is -0.316. The van der Waals surface area contributed by atoms with E-state index in [4.69, 9.17) is 4.74 Å². The average Bonchev–Trinajstić information content (AvgIpc) is 3.15. The van der Waals surface area contributed by atoms with Crippen LogP contribution in [0, 0.1) is 0 Å². The minimum Gasteiger partial charge on any atom is -0.454 e. The molecular weight excluding hydrogens is 324 g/mol. The molecule has 3 aromatic rings. The molecule has 24 heavy (non-hydrogen) atoms. The number of nitrogens with one attached hydrogen (secondary N) is 1. The van der Waals surface area contributed by atoms with E-state index in [9.17, 15) is 9.59 Å². The van der Waals surface area contributed by atoms with Crippen molar-refractivity contribution >= 4 is 23.5 Å². The predicted molar refractivity (Wildman–Crippen MR) is 90.2 cm³/mol. The third-order valence-electron chi connectivity index (χ3n) is 3.18. The second kappa shape index (κ2) is 7.61. The Bertz CT molecular complexity index is 832. The zero-order valence-electron chi connectivity index (χ0n) is 12.6. The second-order valence-electron chi connectivity index (χ2n) is 4.85. The van der Waals surface area contributed by atoms with Crippen molar-refractivity contribution in [1.29, 1.82) is 0 Å². The summed E-state index contributed by atoms with van der Waals surface area (Å²) in [7, 11) is 0. The number of rotatable bonds is 6. The number of aromatic amines is 1. The Labute approximate surface area is 143 Å². The zero-order valence-corrected chi connectivity index (χ0v) is 13.5. The summed E-state index contributed by atoms with van der Waals surface area (Å²) in [5.41, 5.74) is 0.749. The van der Waals surface area contributed by atoms with Crippen LogP contribution in [0.3, 0.4) is 0 Å². The molecule has 0 saturated carbocycles. The van der Waals surface area contributed by atoms with Gasteiger partial charge in [-0.25, -0.2) is 9.78 Å². The van der Waals surface area contributed by atoms with E-state index in [1.807, 2.05) is 30.3 Å². The van der Waals surface area contributed by atoms with Gasteiger partial charge in [0.05, 0.1) is 11.3 Å². The fraction of sp³-hybridized carbons (Fsp3) is 0.0556. The first kappa shape index (κ1) is 16.0. The van der Waals surface area contributed by atoms with Gasteiger partial charge in [0.2, 0.25) is 5.78 Å². The molecule has 2 heterocycles. The van der Waals surface area contributed by atoms with E-state index < -0.39 is 5.97 Å². The number of H-pyrrole nitrogens is 1. The smallest absolute Gasteiger partial charge is 0.341 e. The number of esters is 1. The molecule has 0 spiro atoms. The third kappa shape index (κ3) is 3.91. The number of carbonyl (C=O) groups is 2. The molecule has 3 rings (SSSR count). The number of ketones is 1. The molecule has 120 valence electrons. The van der Waals surface area contributed by atoms with E-state index in [1.54, 1.807) is 36.7 Å². The lowest BCUT2D eigenvalue weighted by Gasteiger charge is -2.08. The van der Waals surface area contributed by atoms with Gasteiger partial charge in [0.15, 0.2) is 6.61 Å². The highest BCUT2D eigenvalue weighted by Crippen LogP contribution is 2.28. The van der Waals surface area contributed by atoms with E-state index in [0.717, 1.165) is 4.90 Å². The predicted octanol–water partition coefficient (Wildman–Crippen LogP) is 3.60. The first-order valence-corrected chi connectivity index (χ1v) is 8.07. The van der Waals surface area contributed by atoms with Gasteiger partial charge in [-0.15, -0.1) is 0 Å². The zero-order chi connectivity index (χ0) is 16.8. The molecule has 0 unspecified atom stereocenters. The van der Waals surface area contributed by atoms with Crippen LogP contribution in [0.15, 0.2) is 76.9 Å². The van der Waals surface area contributed by atoms with Gasteiger partial charge in [-0.05, 0) is 36.4 Å². The van der Waals surface area contributed by atoms with Crippen LogP contribution in [-0.2, 0) is 4.74 Å². The fourth-order valence-corrected chi connectivity index (χ4v) is 2.91. The van der Waals surface area contributed by atoms with Crippen LogP contribution < -0.4 is 0 Å². The molecule has 1 aromatic carbocycles. The van der Waals surface area contributed by atoms with Gasteiger partial charge in [-0.2, -0.15) is 0 Å². The number of carbonyl (C=O) groups excluding carboxylic acids is 2. The number of pyridine rings is 1. The fourth-order valence-electron chi connectivity index (χ4n) is 2.02. The maximum absolute atomic E-state index is 12.3. The Morgan fingerprint density at radius 3 is 2.62 bits per heavy atom. The van der Waals surface area contributed by atoms with E-state index in [-0.39, 0.29) is 12.4 Å². The van der Waals surface area contributed by atoms with E-state index in [1.165, 1.54) is 11.8 Å². The minimum absolute atomic E-state index is 0.283. The van der Waals surface area contributed by atoms with Crippen molar-refractivity contribution in [2.45, 2.75) is 9.92 Å². The Balaban J connectivity index is 1.70. The summed E-state index contributed by atoms with van der Waals surface area (Å²) in [5, 5.41) is 0.543. The lowest BCUT2D eigenvalue weighted by Crippen LogP contribution is -2.15. The molecule has 0 radical (unpaired) electrons. The Hall–Kier alpha value is -2.86. The van der Waals surface area contributed by atoms with Crippen LogP contribution in [0.25, 0.3) is 0 Å².